The van der Waals surface area contributed by atoms with Crippen LogP contribution in [-0.4, -0.2) is 49.7 Å². The molecule has 0 aliphatic carbocycles. The number of nitrogens with zero attached hydrogens (tertiary/aromatic N) is 5. The normalized spacial score (nSPS) is 14.4. The molecule has 0 unspecified atom stereocenters. The second-order valence-corrected chi connectivity index (χ2v) is 12.0. The predicted molar refractivity (Wildman–Crippen MR) is 182 cm³/mol. The van der Waals surface area contributed by atoms with Crippen molar-refractivity contribution in [3.05, 3.63) is 91.5 Å². The van der Waals surface area contributed by atoms with Crippen LogP contribution in [-0.2, 0) is 25.4 Å². The fraction of sp³-hybridized carbons (Fsp3) is 0.294. The van der Waals surface area contributed by atoms with E-state index >= 15 is 0 Å². The number of rotatable bonds is 9. The predicted octanol–water partition coefficient (Wildman–Crippen LogP) is 4.15. The third kappa shape index (κ3) is 6.09. The van der Waals surface area contributed by atoms with E-state index in [4.69, 9.17) is 21.3 Å². The minimum atomic E-state index is -0.427. The van der Waals surface area contributed by atoms with Gasteiger partial charge in [0.15, 0.2) is 0 Å². The van der Waals surface area contributed by atoms with Crippen LogP contribution in [0, 0.1) is 13.8 Å². The van der Waals surface area contributed by atoms with Crippen LogP contribution in [0.15, 0.2) is 58.3 Å². The van der Waals surface area contributed by atoms with Gasteiger partial charge >= 0.3 is 5.69 Å². The molecule has 4 heterocycles. The van der Waals surface area contributed by atoms with Crippen LogP contribution in [0.3, 0.4) is 0 Å². The van der Waals surface area contributed by atoms with Gasteiger partial charge in [0.1, 0.15) is 16.9 Å². The first-order valence-electron chi connectivity index (χ1n) is 15.2. The summed E-state index contributed by atoms with van der Waals surface area (Å²) in [4.78, 5) is 51.3. The van der Waals surface area contributed by atoms with Gasteiger partial charge in [0.05, 0.1) is 29.5 Å². The van der Waals surface area contributed by atoms with Crippen molar-refractivity contribution in [1.82, 2.24) is 34.7 Å². The van der Waals surface area contributed by atoms with Gasteiger partial charge in [0.2, 0.25) is 11.8 Å². The summed E-state index contributed by atoms with van der Waals surface area (Å²) in [5.74, 6) is 0.825. The van der Waals surface area contributed by atoms with Crippen LogP contribution >= 0.6 is 11.6 Å². The number of ether oxygens (including phenoxy) is 1. The Bertz CT molecular complexity index is 2160. The molecule has 1 saturated heterocycles. The van der Waals surface area contributed by atoms with Crippen molar-refractivity contribution >= 4 is 39.9 Å². The quantitative estimate of drug-likeness (QED) is 0.213. The van der Waals surface area contributed by atoms with E-state index < -0.39 is 11.2 Å². The molecule has 0 spiro atoms. The van der Waals surface area contributed by atoms with Gasteiger partial charge in [-0.1, -0.05) is 41.9 Å². The molecule has 2 aromatic carbocycles. The van der Waals surface area contributed by atoms with E-state index in [0.29, 0.717) is 69.8 Å². The number of carbonyl (C=O) groups is 1. The number of hydrogen-bond donors (Lipinski definition) is 3. The van der Waals surface area contributed by atoms with Crippen molar-refractivity contribution in [1.29, 1.82) is 0 Å². The maximum atomic E-state index is 13.2. The molecule has 3 aromatic heterocycles. The first-order chi connectivity index (χ1) is 22.6. The molecule has 0 saturated carbocycles. The average Bonchev–Trinajstić information content (AvgIpc) is 3.48. The van der Waals surface area contributed by atoms with Gasteiger partial charge in [-0.3, -0.25) is 23.7 Å². The van der Waals surface area contributed by atoms with Gasteiger partial charge < -0.3 is 20.7 Å². The molecule has 1 amide bonds. The molecule has 6 rings (SSSR count). The minimum absolute atomic E-state index is 0.0777. The highest BCUT2D eigenvalue weighted by molar-refractivity contribution is 6.36. The summed E-state index contributed by atoms with van der Waals surface area (Å²) >= 11 is 7.07. The van der Waals surface area contributed by atoms with Crippen LogP contribution in [0.1, 0.15) is 29.8 Å². The zero-order chi connectivity index (χ0) is 33.4. The van der Waals surface area contributed by atoms with Crippen LogP contribution in [0.4, 0.5) is 11.5 Å². The van der Waals surface area contributed by atoms with E-state index in [1.807, 2.05) is 50.2 Å². The summed E-state index contributed by atoms with van der Waals surface area (Å²) in [6.07, 6.45) is 3.04. The Balaban J connectivity index is 1.31. The Morgan fingerprint density at radius 2 is 1.77 bits per heavy atom. The first-order valence-corrected chi connectivity index (χ1v) is 15.6. The van der Waals surface area contributed by atoms with Gasteiger partial charge in [-0.2, -0.15) is 0 Å². The van der Waals surface area contributed by atoms with Gasteiger partial charge in [0, 0.05) is 62.2 Å². The Morgan fingerprint density at radius 3 is 2.51 bits per heavy atom. The second kappa shape index (κ2) is 13.0. The zero-order valence-corrected chi connectivity index (χ0v) is 27.5. The van der Waals surface area contributed by atoms with Crippen LogP contribution in [0.5, 0.6) is 5.88 Å². The van der Waals surface area contributed by atoms with Crippen molar-refractivity contribution in [2.75, 3.05) is 19.0 Å². The number of hydrogen-bond acceptors (Lipinski definition) is 9. The Hall–Kier alpha value is -5.07. The van der Waals surface area contributed by atoms with Crippen molar-refractivity contribution in [2.45, 2.75) is 39.3 Å². The third-order valence-electron chi connectivity index (χ3n) is 8.51. The summed E-state index contributed by atoms with van der Waals surface area (Å²) in [6.45, 7) is 4.85. The largest absolute Gasteiger partial charge is 0.480 e. The summed E-state index contributed by atoms with van der Waals surface area (Å²) in [5, 5.41) is 10.4. The van der Waals surface area contributed by atoms with Gasteiger partial charge in [0.25, 0.3) is 5.56 Å². The van der Waals surface area contributed by atoms with E-state index in [0.717, 1.165) is 33.4 Å². The van der Waals surface area contributed by atoms with Gasteiger partial charge in [-0.15, -0.1) is 0 Å². The number of aromatic nitrogens is 5. The second-order valence-electron chi connectivity index (χ2n) is 11.6. The van der Waals surface area contributed by atoms with Crippen molar-refractivity contribution in [3.8, 4) is 28.3 Å². The Morgan fingerprint density at radius 1 is 1.02 bits per heavy atom. The molecule has 13 heteroatoms. The van der Waals surface area contributed by atoms with E-state index in [2.05, 4.69) is 25.9 Å². The molecular formula is C34H35ClN8O4. The van der Waals surface area contributed by atoms with Crippen molar-refractivity contribution in [2.24, 2.45) is 14.1 Å². The highest BCUT2D eigenvalue weighted by Gasteiger charge is 2.21. The number of nitrogens with one attached hydrogen (secondary N) is 3. The number of benzene rings is 2. The van der Waals surface area contributed by atoms with Gasteiger partial charge in [-0.05, 0) is 43.5 Å². The Kier molecular flexibility index (Phi) is 8.80. The van der Waals surface area contributed by atoms with Crippen LogP contribution in [0.2, 0.25) is 5.02 Å². The van der Waals surface area contributed by atoms with Crippen molar-refractivity contribution < 1.29 is 9.53 Å². The fourth-order valence-electron chi connectivity index (χ4n) is 5.94. The average molecular weight is 655 g/mol. The van der Waals surface area contributed by atoms with E-state index in [-0.39, 0.29) is 11.9 Å². The molecule has 47 heavy (non-hydrogen) atoms. The smallest absolute Gasteiger partial charge is 0.330 e. The molecule has 12 nitrogen and oxygen atoms in total. The van der Waals surface area contributed by atoms with E-state index in [1.54, 1.807) is 26.4 Å². The maximum absolute atomic E-state index is 13.2. The number of pyridine rings is 1. The minimum Gasteiger partial charge on any atom is -0.480 e. The standard InChI is InChI=1S/C34H35ClN8O4/c1-18-14-27-29(33(45)43(4)34(46)42(27)3)31(38-18)40-24-11-7-8-21(19(24)2)22-9-6-10-23(30(22)35)25-17-37-26(32(41-25)47-5)16-36-15-20-12-13-28(44)39-20/h6-11,14,17,20,36H,12-13,15-16H2,1-5H3,(H,38,40)(H,39,44)/t20-/m1/s1. The monoisotopic (exact) mass is 654 g/mol. The van der Waals surface area contributed by atoms with E-state index in [9.17, 15) is 14.4 Å². The number of anilines is 2. The van der Waals surface area contributed by atoms with E-state index in [1.165, 1.54) is 11.6 Å². The number of methoxy groups -OCH3 is 1. The molecule has 0 radical (unpaired) electrons. The molecule has 0 bridgehead atoms. The lowest BCUT2D eigenvalue weighted by molar-refractivity contribution is -0.119. The fourth-order valence-corrected chi connectivity index (χ4v) is 6.26. The number of halogens is 1. The lowest BCUT2D eigenvalue weighted by Crippen LogP contribution is -2.37. The number of fused-ring (bicyclic) bond motifs is 1. The lowest BCUT2D eigenvalue weighted by atomic mass is 9.96. The molecule has 1 aliphatic heterocycles. The summed E-state index contributed by atoms with van der Waals surface area (Å²) < 4.78 is 8.11. The van der Waals surface area contributed by atoms with Gasteiger partial charge in [-0.25, -0.2) is 14.8 Å². The first kappa shape index (κ1) is 31.9. The number of amides is 1. The zero-order valence-electron chi connectivity index (χ0n) is 26.8. The topological polar surface area (TPSA) is 145 Å². The molecular weight excluding hydrogens is 620 g/mol. The molecule has 1 atom stereocenters. The molecule has 3 N–H and O–H groups in total. The lowest BCUT2D eigenvalue weighted by Gasteiger charge is -2.17. The molecule has 5 aromatic rings. The molecule has 242 valence electrons. The summed E-state index contributed by atoms with van der Waals surface area (Å²) in [5.41, 5.74) is 5.50. The number of aryl methyl sites for hydroxylation is 2. The number of carbonyl (C=O) groups excluding carboxylic acids is 1. The molecule has 1 fully saturated rings. The summed E-state index contributed by atoms with van der Waals surface area (Å²) in [7, 11) is 4.64. The maximum Gasteiger partial charge on any atom is 0.330 e. The van der Waals surface area contributed by atoms with Crippen LogP contribution in [0.25, 0.3) is 33.3 Å². The molecule has 1 aliphatic rings. The third-order valence-corrected chi connectivity index (χ3v) is 8.91. The summed E-state index contributed by atoms with van der Waals surface area (Å²) in [6, 6.07) is 13.4. The Labute approximate surface area is 275 Å². The SMILES string of the molecule is COc1nc(-c2cccc(-c3cccc(Nc4nc(C)cc5c4c(=O)n(C)c(=O)n5C)c3C)c2Cl)cnc1CNC[C@H]1CCC(=O)N1. The highest BCUT2D eigenvalue weighted by atomic mass is 35.5. The van der Waals surface area contributed by atoms with Crippen molar-refractivity contribution in [3.63, 3.8) is 0 Å². The highest BCUT2D eigenvalue weighted by Crippen LogP contribution is 2.39. The van der Waals surface area contributed by atoms with Crippen LogP contribution < -0.4 is 31.9 Å².